The highest BCUT2D eigenvalue weighted by atomic mass is 35.5. The molecule has 0 atom stereocenters. The van der Waals surface area contributed by atoms with Gasteiger partial charge in [-0.2, -0.15) is 0 Å². The molecule has 5 nitrogen and oxygen atoms in total. The minimum atomic E-state index is -3.80. The van der Waals surface area contributed by atoms with E-state index in [1.165, 1.54) is 18.2 Å². The molecule has 0 unspecified atom stereocenters. The van der Waals surface area contributed by atoms with Gasteiger partial charge in [0.25, 0.3) is 15.9 Å². The Morgan fingerprint density at radius 3 is 2.41 bits per heavy atom. The number of halogens is 1. The maximum absolute atomic E-state index is 12.1. The first-order valence-electron chi connectivity index (χ1n) is 6.23. The van der Waals surface area contributed by atoms with Crippen molar-refractivity contribution in [2.24, 2.45) is 5.73 Å². The SMILES string of the molecule is NC(=O)c1ccccc1NS(=O)(=O)/C=C/c1ccccc1Cl. The Morgan fingerprint density at radius 2 is 1.73 bits per heavy atom. The molecule has 3 N–H and O–H groups in total. The van der Waals surface area contributed by atoms with Crippen LogP contribution in [0.3, 0.4) is 0 Å². The number of carbonyl (C=O) groups is 1. The molecule has 0 aliphatic heterocycles. The van der Waals surface area contributed by atoms with Gasteiger partial charge in [-0.05, 0) is 29.8 Å². The zero-order chi connectivity index (χ0) is 16.2. The van der Waals surface area contributed by atoms with E-state index in [2.05, 4.69) is 4.72 Å². The quantitative estimate of drug-likeness (QED) is 0.879. The molecule has 2 aromatic rings. The minimum absolute atomic E-state index is 0.0946. The van der Waals surface area contributed by atoms with Gasteiger partial charge in [-0.25, -0.2) is 8.42 Å². The summed E-state index contributed by atoms with van der Waals surface area (Å²) in [5.74, 6) is -0.714. The van der Waals surface area contributed by atoms with E-state index < -0.39 is 15.9 Å². The molecule has 2 aromatic carbocycles. The van der Waals surface area contributed by atoms with Crippen LogP contribution < -0.4 is 10.5 Å². The third-order valence-corrected chi connectivity index (χ3v) is 4.12. The molecule has 0 saturated heterocycles. The van der Waals surface area contributed by atoms with Crippen molar-refractivity contribution >= 4 is 39.3 Å². The maximum atomic E-state index is 12.1. The lowest BCUT2D eigenvalue weighted by Crippen LogP contribution is -2.16. The highest BCUT2D eigenvalue weighted by Crippen LogP contribution is 2.19. The number of benzene rings is 2. The van der Waals surface area contributed by atoms with E-state index in [9.17, 15) is 13.2 Å². The Labute approximate surface area is 133 Å². The fourth-order valence-corrected chi connectivity index (χ4v) is 2.82. The van der Waals surface area contributed by atoms with Gasteiger partial charge in [-0.3, -0.25) is 9.52 Å². The van der Waals surface area contributed by atoms with Gasteiger partial charge in [0.2, 0.25) is 0 Å². The Kier molecular flexibility index (Phi) is 4.85. The van der Waals surface area contributed by atoms with Crippen LogP contribution >= 0.6 is 11.6 Å². The first kappa shape index (κ1) is 16.1. The predicted octanol–water partition coefficient (Wildman–Crippen LogP) is 2.85. The van der Waals surface area contributed by atoms with E-state index in [1.807, 2.05) is 0 Å². The van der Waals surface area contributed by atoms with E-state index in [1.54, 1.807) is 36.4 Å². The van der Waals surface area contributed by atoms with Crippen molar-refractivity contribution in [3.05, 3.63) is 70.1 Å². The van der Waals surface area contributed by atoms with Gasteiger partial charge in [0.15, 0.2) is 0 Å². The van der Waals surface area contributed by atoms with Crippen molar-refractivity contribution in [3.63, 3.8) is 0 Å². The average Bonchev–Trinajstić information content (AvgIpc) is 2.46. The number of primary amides is 1. The maximum Gasteiger partial charge on any atom is 0.255 e. The number of hydrogen-bond acceptors (Lipinski definition) is 3. The molecule has 2 rings (SSSR count). The van der Waals surface area contributed by atoms with Crippen molar-refractivity contribution in [2.45, 2.75) is 0 Å². The highest BCUT2D eigenvalue weighted by molar-refractivity contribution is 7.95. The second-order valence-electron chi connectivity index (χ2n) is 4.38. The number of hydrogen-bond donors (Lipinski definition) is 2. The van der Waals surface area contributed by atoms with Crippen LogP contribution in [-0.4, -0.2) is 14.3 Å². The van der Waals surface area contributed by atoms with Crippen LogP contribution in [-0.2, 0) is 10.0 Å². The number of para-hydroxylation sites is 1. The monoisotopic (exact) mass is 336 g/mol. The van der Waals surface area contributed by atoms with Crippen molar-refractivity contribution in [2.75, 3.05) is 4.72 Å². The van der Waals surface area contributed by atoms with Crippen LogP contribution in [0.1, 0.15) is 15.9 Å². The Balaban J connectivity index is 2.26. The summed E-state index contributed by atoms with van der Waals surface area (Å²) in [5, 5.41) is 1.41. The van der Waals surface area contributed by atoms with E-state index in [-0.39, 0.29) is 11.3 Å². The molecule has 22 heavy (non-hydrogen) atoms. The van der Waals surface area contributed by atoms with Gasteiger partial charge in [0, 0.05) is 5.02 Å². The number of nitrogens with two attached hydrogens (primary N) is 1. The van der Waals surface area contributed by atoms with Crippen molar-refractivity contribution in [1.29, 1.82) is 0 Å². The summed E-state index contributed by atoms with van der Waals surface area (Å²) >= 11 is 5.95. The van der Waals surface area contributed by atoms with Crippen molar-refractivity contribution < 1.29 is 13.2 Å². The number of rotatable bonds is 5. The summed E-state index contributed by atoms with van der Waals surface area (Å²) in [5.41, 5.74) is 5.99. The summed E-state index contributed by atoms with van der Waals surface area (Å²) in [7, 11) is -3.80. The van der Waals surface area contributed by atoms with E-state index in [0.717, 1.165) is 5.41 Å². The molecule has 0 spiro atoms. The zero-order valence-corrected chi connectivity index (χ0v) is 12.9. The summed E-state index contributed by atoms with van der Waals surface area (Å²) in [4.78, 5) is 11.3. The zero-order valence-electron chi connectivity index (χ0n) is 11.4. The second-order valence-corrected chi connectivity index (χ2v) is 6.35. The fourth-order valence-electron chi connectivity index (χ4n) is 1.75. The minimum Gasteiger partial charge on any atom is -0.366 e. The number of anilines is 1. The molecule has 1 amide bonds. The summed E-state index contributed by atoms with van der Waals surface area (Å²) in [6.07, 6.45) is 1.37. The van der Waals surface area contributed by atoms with Crippen LogP contribution in [0.4, 0.5) is 5.69 Å². The number of amides is 1. The van der Waals surface area contributed by atoms with E-state index in [4.69, 9.17) is 17.3 Å². The molecule has 0 aliphatic rings. The number of sulfonamides is 1. The van der Waals surface area contributed by atoms with Gasteiger partial charge in [-0.1, -0.05) is 41.9 Å². The van der Waals surface area contributed by atoms with Gasteiger partial charge < -0.3 is 5.73 Å². The topological polar surface area (TPSA) is 89.3 Å². The first-order chi connectivity index (χ1) is 10.4. The van der Waals surface area contributed by atoms with E-state index in [0.29, 0.717) is 10.6 Å². The normalized spacial score (nSPS) is 11.5. The summed E-state index contributed by atoms with van der Waals surface area (Å²) in [6.45, 7) is 0. The molecule has 0 bridgehead atoms. The summed E-state index contributed by atoms with van der Waals surface area (Å²) in [6, 6.07) is 12.9. The average molecular weight is 337 g/mol. The van der Waals surface area contributed by atoms with Crippen LogP contribution in [0.15, 0.2) is 53.9 Å². The van der Waals surface area contributed by atoms with Gasteiger partial charge >= 0.3 is 0 Å². The second kappa shape index (κ2) is 6.64. The van der Waals surface area contributed by atoms with Crippen LogP contribution in [0, 0.1) is 0 Å². The number of nitrogens with one attached hydrogen (secondary N) is 1. The lowest BCUT2D eigenvalue weighted by Gasteiger charge is -2.08. The van der Waals surface area contributed by atoms with Gasteiger partial charge in [0.05, 0.1) is 16.7 Å². The predicted molar refractivity (Wildman–Crippen MR) is 88.0 cm³/mol. The molecule has 114 valence electrons. The van der Waals surface area contributed by atoms with Crippen LogP contribution in [0.25, 0.3) is 6.08 Å². The first-order valence-corrected chi connectivity index (χ1v) is 8.16. The fraction of sp³-hybridized carbons (Fsp3) is 0. The molecular weight excluding hydrogens is 324 g/mol. The smallest absolute Gasteiger partial charge is 0.255 e. The van der Waals surface area contributed by atoms with Crippen LogP contribution in [0.2, 0.25) is 5.02 Å². The lowest BCUT2D eigenvalue weighted by molar-refractivity contribution is 0.100. The molecule has 0 aliphatic carbocycles. The van der Waals surface area contributed by atoms with Gasteiger partial charge in [-0.15, -0.1) is 0 Å². The lowest BCUT2D eigenvalue weighted by atomic mass is 10.2. The standard InChI is InChI=1S/C15H13ClN2O3S/c16-13-7-3-1-5-11(13)9-10-22(20,21)18-14-8-4-2-6-12(14)15(17)19/h1-10,18H,(H2,17,19)/b10-9+. The number of carbonyl (C=O) groups excluding carboxylic acids is 1. The van der Waals surface area contributed by atoms with E-state index >= 15 is 0 Å². The largest absolute Gasteiger partial charge is 0.366 e. The molecule has 0 aromatic heterocycles. The Hall–Kier alpha value is -2.31. The Bertz CT molecular complexity index is 832. The third-order valence-electron chi connectivity index (χ3n) is 2.78. The molecule has 0 fully saturated rings. The molecule has 0 radical (unpaired) electrons. The van der Waals surface area contributed by atoms with Crippen molar-refractivity contribution in [3.8, 4) is 0 Å². The van der Waals surface area contributed by atoms with Gasteiger partial charge in [0.1, 0.15) is 0 Å². The third kappa shape index (κ3) is 4.09. The highest BCUT2D eigenvalue weighted by Gasteiger charge is 2.12. The molecular formula is C15H13ClN2O3S. The molecule has 0 saturated carbocycles. The molecule has 0 heterocycles. The molecule has 7 heteroatoms. The van der Waals surface area contributed by atoms with Crippen LogP contribution in [0.5, 0.6) is 0 Å². The van der Waals surface area contributed by atoms with Crippen molar-refractivity contribution in [1.82, 2.24) is 0 Å². The summed E-state index contributed by atoms with van der Waals surface area (Å²) < 4.78 is 26.4. The Morgan fingerprint density at radius 1 is 1.09 bits per heavy atom.